The van der Waals surface area contributed by atoms with Crippen LogP contribution in [-0.2, 0) is 33.4 Å². The van der Waals surface area contributed by atoms with Crippen molar-refractivity contribution in [1.82, 2.24) is 15.1 Å². The summed E-state index contributed by atoms with van der Waals surface area (Å²) in [7, 11) is 6.62. The first-order valence-electron chi connectivity index (χ1n) is 17.8. The molecule has 0 aromatic rings. The van der Waals surface area contributed by atoms with Crippen LogP contribution in [0.4, 0.5) is 0 Å². The number of likely N-dealkylation sites (N-methyl/N-ethyl adjacent to an activating group) is 1. The fourth-order valence-corrected chi connectivity index (χ4v) is 6.21. The van der Waals surface area contributed by atoms with Crippen molar-refractivity contribution >= 4 is 23.6 Å². The minimum atomic E-state index is -0.496. The first-order chi connectivity index (χ1) is 23.2. The third-order valence-corrected chi connectivity index (χ3v) is 9.12. The predicted molar refractivity (Wildman–Crippen MR) is 197 cm³/mol. The summed E-state index contributed by atoms with van der Waals surface area (Å²) in [6.45, 7) is 17.5. The Kier molecular flexibility index (Phi) is 24.3. The number of amides is 4. The van der Waals surface area contributed by atoms with Crippen LogP contribution in [0.15, 0.2) is 36.5 Å². The van der Waals surface area contributed by atoms with E-state index < -0.39 is 24.0 Å². The maximum absolute atomic E-state index is 13.4. The van der Waals surface area contributed by atoms with E-state index in [-0.39, 0.29) is 48.1 Å². The lowest BCUT2D eigenvalue weighted by Gasteiger charge is -2.39. The maximum atomic E-state index is 13.4. The van der Waals surface area contributed by atoms with Gasteiger partial charge in [-0.3, -0.25) is 19.2 Å². The average molecular weight is 693 g/mol. The lowest BCUT2D eigenvalue weighted by Crippen LogP contribution is -2.53. The lowest BCUT2D eigenvalue weighted by atomic mass is 9.90. The van der Waals surface area contributed by atoms with Crippen molar-refractivity contribution in [1.29, 1.82) is 0 Å². The van der Waals surface area contributed by atoms with E-state index in [0.717, 1.165) is 37.7 Å². The molecule has 3 N–H and O–H groups in total. The highest BCUT2D eigenvalue weighted by molar-refractivity contribution is 5.80. The van der Waals surface area contributed by atoms with Crippen molar-refractivity contribution in [2.24, 2.45) is 23.5 Å². The third-order valence-electron chi connectivity index (χ3n) is 9.12. The standard InChI is InChI=1S/C24H45N3O5.C14H23NO2/c1-9-16(4)22(26(6)20(28)13-15(2)3)19(31-7)14-21(29)27-12-10-11-18(27)23(32-8)17(5)24(25)30;1-4-7-13(8-5-2)9-10-14(16)15-11-6-12-17-3/h15-19,22-23H,9-14H2,1-8H3,(H2,25,30);4-5,7-8H,1,6,9-12H2,2-3H3,(H,15,16)/b;8-5-,13-7+/t16?,17?,18-,19?,22?,23?;/m0./s1. The van der Waals surface area contributed by atoms with Crippen LogP contribution in [0.5, 0.6) is 0 Å². The van der Waals surface area contributed by atoms with Crippen LogP contribution in [0, 0.1) is 17.8 Å². The van der Waals surface area contributed by atoms with Gasteiger partial charge in [0.15, 0.2) is 0 Å². The number of carbonyl (C=O) groups is 4. The zero-order chi connectivity index (χ0) is 37.5. The fourth-order valence-electron chi connectivity index (χ4n) is 6.21. The highest BCUT2D eigenvalue weighted by Crippen LogP contribution is 2.29. The molecule has 0 radical (unpaired) electrons. The summed E-state index contributed by atoms with van der Waals surface area (Å²) in [5, 5.41) is 2.86. The summed E-state index contributed by atoms with van der Waals surface area (Å²) in [4.78, 5) is 53.0. The quantitative estimate of drug-likeness (QED) is 0.120. The number of ether oxygens (including phenoxy) is 3. The van der Waals surface area contributed by atoms with E-state index in [0.29, 0.717) is 32.5 Å². The fraction of sp³-hybridized carbons (Fsp3) is 0.737. The number of rotatable bonds is 22. The Bertz CT molecular complexity index is 1060. The van der Waals surface area contributed by atoms with E-state index >= 15 is 0 Å². The number of methoxy groups -OCH3 is 3. The van der Waals surface area contributed by atoms with Crippen LogP contribution < -0.4 is 11.1 Å². The maximum Gasteiger partial charge on any atom is 0.225 e. The number of nitrogens with two attached hydrogens (primary N) is 1. The van der Waals surface area contributed by atoms with Crippen LogP contribution >= 0.6 is 0 Å². The van der Waals surface area contributed by atoms with Crippen LogP contribution in [0.3, 0.4) is 0 Å². The van der Waals surface area contributed by atoms with Crippen molar-refractivity contribution in [2.75, 3.05) is 48.1 Å². The van der Waals surface area contributed by atoms with E-state index in [9.17, 15) is 19.2 Å². The highest BCUT2D eigenvalue weighted by Gasteiger charge is 2.41. The van der Waals surface area contributed by atoms with E-state index in [1.54, 1.807) is 39.2 Å². The van der Waals surface area contributed by atoms with Gasteiger partial charge in [-0.15, -0.1) is 0 Å². The molecule has 1 aliphatic heterocycles. The summed E-state index contributed by atoms with van der Waals surface area (Å²) in [6.07, 6.45) is 12.0. The van der Waals surface area contributed by atoms with Crippen molar-refractivity contribution in [3.8, 4) is 0 Å². The van der Waals surface area contributed by atoms with Gasteiger partial charge < -0.3 is 35.1 Å². The zero-order valence-corrected chi connectivity index (χ0v) is 32.2. The Balaban J connectivity index is 0.00000114. The number of nitrogens with one attached hydrogen (secondary N) is 1. The number of likely N-dealkylation sites (tertiary alicyclic amines) is 1. The van der Waals surface area contributed by atoms with Gasteiger partial charge in [0.2, 0.25) is 23.6 Å². The van der Waals surface area contributed by atoms with Gasteiger partial charge in [-0.1, -0.05) is 71.9 Å². The molecule has 6 atom stereocenters. The van der Waals surface area contributed by atoms with Crippen molar-refractivity contribution < 1.29 is 33.4 Å². The average Bonchev–Trinajstić information content (AvgIpc) is 3.55. The van der Waals surface area contributed by atoms with Gasteiger partial charge in [0, 0.05) is 60.9 Å². The molecular formula is C38H68N4O7. The summed E-state index contributed by atoms with van der Waals surface area (Å²) in [5.74, 6) is -0.402. The summed E-state index contributed by atoms with van der Waals surface area (Å²) in [6, 6.07) is -0.404. The molecule has 11 heteroatoms. The highest BCUT2D eigenvalue weighted by atomic mass is 16.5. The number of hydrogen-bond donors (Lipinski definition) is 2. The molecule has 1 aliphatic rings. The van der Waals surface area contributed by atoms with E-state index in [1.165, 1.54) is 0 Å². The second-order valence-corrected chi connectivity index (χ2v) is 13.3. The zero-order valence-electron chi connectivity index (χ0n) is 32.2. The monoisotopic (exact) mass is 693 g/mol. The number of allylic oxidation sites excluding steroid dienone is 5. The molecule has 4 amide bonds. The summed E-state index contributed by atoms with van der Waals surface area (Å²) in [5.41, 5.74) is 6.63. The molecule has 1 fully saturated rings. The minimum Gasteiger partial charge on any atom is -0.385 e. The molecule has 282 valence electrons. The van der Waals surface area contributed by atoms with Crippen LogP contribution in [0.1, 0.15) is 92.9 Å². The molecule has 11 nitrogen and oxygen atoms in total. The number of primary amides is 1. The summed E-state index contributed by atoms with van der Waals surface area (Å²) < 4.78 is 16.3. The van der Waals surface area contributed by atoms with Gasteiger partial charge in [-0.05, 0) is 50.0 Å². The van der Waals surface area contributed by atoms with Gasteiger partial charge in [-0.25, -0.2) is 0 Å². The van der Waals surface area contributed by atoms with E-state index in [4.69, 9.17) is 19.9 Å². The number of carbonyl (C=O) groups excluding carboxylic acids is 4. The van der Waals surface area contributed by atoms with Crippen molar-refractivity contribution in [3.63, 3.8) is 0 Å². The Morgan fingerprint density at radius 1 is 1.06 bits per heavy atom. The Hall–Kier alpha value is -3.02. The van der Waals surface area contributed by atoms with E-state index in [1.807, 2.05) is 50.9 Å². The van der Waals surface area contributed by atoms with Gasteiger partial charge >= 0.3 is 0 Å². The molecular weight excluding hydrogens is 624 g/mol. The molecule has 0 saturated carbocycles. The lowest BCUT2D eigenvalue weighted by molar-refractivity contribution is -0.145. The normalized spacial score (nSPS) is 17.9. The molecule has 1 heterocycles. The second kappa shape index (κ2) is 25.9. The predicted octanol–water partition coefficient (Wildman–Crippen LogP) is 5.05. The number of hydrogen-bond acceptors (Lipinski definition) is 7. The molecule has 1 saturated heterocycles. The number of nitrogens with zero attached hydrogens (tertiary/aromatic N) is 2. The molecule has 49 heavy (non-hydrogen) atoms. The third kappa shape index (κ3) is 17.0. The molecule has 1 rings (SSSR count). The van der Waals surface area contributed by atoms with E-state index in [2.05, 4.69) is 25.7 Å². The first-order valence-corrected chi connectivity index (χ1v) is 17.8. The summed E-state index contributed by atoms with van der Waals surface area (Å²) >= 11 is 0. The SMILES string of the molecule is C=C/C=C(\C=C/C)CCC(=O)NCCCOC.CCC(C)C(C(CC(=O)N1CCC[C@H]1C(OC)C(C)C(N)=O)OC)N(C)C(=O)CC(C)C. The van der Waals surface area contributed by atoms with Gasteiger partial charge in [-0.2, -0.15) is 0 Å². The first kappa shape index (κ1) is 46.0. The Labute approximate surface area is 297 Å². The van der Waals surface area contributed by atoms with Crippen molar-refractivity contribution in [2.45, 2.75) is 117 Å². The smallest absolute Gasteiger partial charge is 0.225 e. The largest absolute Gasteiger partial charge is 0.385 e. The Morgan fingerprint density at radius 2 is 1.73 bits per heavy atom. The Morgan fingerprint density at radius 3 is 2.24 bits per heavy atom. The van der Waals surface area contributed by atoms with Crippen LogP contribution in [-0.4, -0.2) is 106 Å². The topological polar surface area (TPSA) is 140 Å². The molecule has 0 aliphatic carbocycles. The second-order valence-electron chi connectivity index (χ2n) is 13.3. The molecule has 0 spiro atoms. The van der Waals surface area contributed by atoms with Gasteiger partial charge in [0.25, 0.3) is 0 Å². The molecule has 5 unspecified atom stereocenters. The molecule has 0 aromatic carbocycles. The molecule has 0 bridgehead atoms. The van der Waals surface area contributed by atoms with Crippen LogP contribution in [0.25, 0.3) is 0 Å². The minimum absolute atomic E-state index is 0.0453. The van der Waals surface area contributed by atoms with Gasteiger partial charge in [0.1, 0.15) is 0 Å². The molecule has 0 aromatic heterocycles. The van der Waals surface area contributed by atoms with Crippen LogP contribution in [0.2, 0.25) is 0 Å². The van der Waals surface area contributed by atoms with Crippen molar-refractivity contribution in [3.05, 3.63) is 36.5 Å². The van der Waals surface area contributed by atoms with Gasteiger partial charge in [0.05, 0.1) is 36.6 Å².